The molecule has 2 N–H and O–H groups in total. The zero-order valence-corrected chi connectivity index (χ0v) is 13.1. The van der Waals surface area contributed by atoms with Gasteiger partial charge >= 0.3 is 0 Å². The summed E-state index contributed by atoms with van der Waals surface area (Å²) in [5.74, 6) is 0.664. The lowest BCUT2D eigenvalue weighted by Gasteiger charge is -2.08. The first-order valence-electron chi connectivity index (χ1n) is 6.84. The van der Waals surface area contributed by atoms with Crippen LogP contribution in [0.5, 0.6) is 0 Å². The molecular formula is C16H17N3OS. The highest BCUT2D eigenvalue weighted by Gasteiger charge is 2.11. The summed E-state index contributed by atoms with van der Waals surface area (Å²) in [4.78, 5) is 21.6. The van der Waals surface area contributed by atoms with Crippen molar-refractivity contribution in [3.63, 3.8) is 0 Å². The monoisotopic (exact) mass is 299 g/mol. The Kier molecular flexibility index (Phi) is 3.51. The number of aromatic nitrogens is 2. The molecule has 0 aliphatic carbocycles. The van der Waals surface area contributed by atoms with Crippen molar-refractivity contribution in [1.29, 1.82) is 0 Å². The molecule has 0 bridgehead atoms. The summed E-state index contributed by atoms with van der Waals surface area (Å²) in [6, 6.07) is 8.06. The highest BCUT2D eigenvalue weighted by Crippen LogP contribution is 2.25. The summed E-state index contributed by atoms with van der Waals surface area (Å²) in [5, 5.41) is 4.03. The van der Waals surface area contributed by atoms with Gasteiger partial charge in [0.15, 0.2) is 0 Å². The van der Waals surface area contributed by atoms with Gasteiger partial charge in [-0.15, -0.1) is 11.3 Å². The molecule has 3 aromatic rings. The second-order valence-electron chi connectivity index (χ2n) is 5.14. The molecule has 0 atom stereocenters. The van der Waals surface area contributed by atoms with Crippen LogP contribution in [0.4, 0.5) is 5.69 Å². The number of H-pyrrole nitrogens is 1. The molecule has 4 nitrogen and oxygen atoms in total. The van der Waals surface area contributed by atoms with Gasteiger partial charge in [-0.05, 0) is 38.0 Å². The largest absolute Gasteiger partial charge is 0.378 e. The number of nitrogens with zero attached hydrogens (tertiary/aromatic N) is 1. The first kappa shape index (κ1) is 13.8. The van der Waals surface area contributed by atoms with Gasteiger partial charge in [-0.1, -0.05) is 18.2 Å². The lowest BCUT2D eigenvalue weighted by Crippen LogP contribution is -2.14. The van der Waals surface area contributed by atoms with E-state index in [1.165, 1.54) is 5.56 Å². The number of fused-ring (bicyclic) bond motifs is 1. The van der Waals surface area contributed by atoms with Crippen LogP contribution in [0.2, 0.25) is 0 Å². The lowest BCUT2D eigenvalue weighted by atomic mass is 10.2. The van der Waals surface area contributed by atoms with Crippen LogP contribution in [-0.2, 0) is 6.54 Å². The van der Waals surface area contributed by atoms with E-state index in [0.717, 1.165) is 26.3 Å². The van der Waals surface area contributed by atoms with E-state index in [1.54, 1.807) is 11.3 Å². The van der Waals surface area contributed by atoms with Crippen LogP contribution < -0.4 is 10.9 Å². The third-order valence-electron chi connectivity index (χ3n) is 3.68. The van der Waals surface area contributed by atoms with Crippen LogP contribution in [0.1, 0.15) is 21.8 Å². The fraction of sp³-hybridized carbons (Fsp3) is 0.250. The molecule has 0 spiro atoms. The molecule has 2 heterocycles. The molecule has 0 amide bonds. The van der Waals surface area contributed by atoms with Gasteiger partial charge in [0.25, 0.3) is 5.56 Å². The number of aromatic amines is 1. The first-order valence-corrected chi connectivity index (χ1v) is 7.66. The second kappa shape index (κ2) is 5.33. The summed E-state index contributed by atoms with van der Waals surface area (Å²) in [6.45, 7) is 6.54. The maximum Gasteiger partial charge on any atom is 0.259 e. The third kappa shape index (κ3) is 2.56. The van der Waals surface area contributed by atoms with Crippen molar-refractivity contribution < 1.29 is 0 Å². The van der Waals surface area contributed by atoms with Gasteiger partial charge in [-0.3, -0.25) is 4.79 Å². The quantitative estimate of drug-likeness (QED) is 0.778. The van der Waals surface area contributed by atoms with Crippen LogP contribution >= 0.6 is 11.3 Å². The number of benzene rings is 1. The number of aryl methyl sites for hydroxylation is 3. The SMILES string of the molecule is Cc1ccccc1NCc1nc2sc(C)c(C)c2c(=O)[nH]1. The molecule has 2 aromatic heterocycles. The number of nitrogens with one attached hydrogen (secondary N) is 2. The summed E-state index contributed by atoms with van der Waals surface area (Å²) in [7, 11) is 0. The Morgan fingerprint density at radius 1 is 1.24 bits per heavy atom. The molecule has 0 radical (unpaired) electrons. The van der Waals surface area contributed by atoms with E-state index in [9.17, 15) is 4.79 Å². The minimum atomic E-state index is -0.0524. The van der Waals surface area contributed by atoms with Gasteiger partial charge in [0.2, 0.25) is 0 Å². The lowest BCUT2D eigenvalue weighted by molar-refractivity contribution is 0.954. The topological polar surface area (TPSA) is 57.8 Å². The number of thiophene rings is 1. The van der Waals surface area contributed by atoms with E-state index in [0.29, 0.717) is 12.4 Å². The Morgan fingerprint density at radius 2 is 2.00 bits per heavy atom. The Labute approximate surface area is 126 Å². The zero-order valence-electron chi connectivity index (χ0n) is 12.3. The zero-order chi connectivity index (χ0) is 15.0. The smallest absolute Gasteiger partial charge is 0.259 e. The maximum atomic E-state index is 12.2. The molecule has 0 saturated heterocycles. The molecule has 3 rings (SSSR count). The molecule has 21 heavy (non-hydrogen) atoms. The predicted octanol–water partition coefficient (Wildman–Crippen LogP) is 3.52. The van der Waals surface area contributed by atoms with Crippen LogP contribution in [-0.4, -0.2) is 9.97 Å². The van der Waals surface area contributed by atoms with Crippen LogP contribution in [0.25, 0.3) is 10.2 Å². The third-order valence-corrected chi connectivity index (χ3v) is 4.78. The number of hydrogen-bond donors (Lipinski definition) is 2. The number of para-hydroxylation sites is 1. The summed E-state index contributed by atoms with van der Waals surface area (Å²) in [6.07, 6.45) is 0. The van der Waals surface area contributed by atoms with E-state index >= 15 is 0 Å². The van der Waals surface area contributed by atoms with Gasteiger partial charge < -0.3 is 10.3 Å². The molecular weight excluding hydrogens is 282 g/mol. The normalized spacial score (nSPS) is 11.0. The van der Waals surface area contributed by atoms with Crippen molar-refractivity contribution in [3.8, 4) is 0 Å². The molecule has 0 aliphatic heterocycles. The van der Waals surface area contributed by atoms with Gasteiger partial charge in [0.05, 0.1) is 11.9 Å². The molecule has 108 valence electrons. The second-order valence-corrected chi connectivity index (χ2v) is 6.35. The predicted molar refractivity (Wildman–Crippen MR) is 88.2 cm³/mol. The Bertz CT molecular complexity index is 864. The average Bonchev–Trinajstić information content (AvgIpc) is 2.73. The van der Waals surface area contributed by atoms with Crippen LogP contribution in [0.3, 0.4) is 0 Å². The molecule has 0 aliphatic rings. The number of hydrogen-bond acceptors (Lipinski definition) is 4. The molecule has 0 fully saturated rings. The number of anilines is 1. The van der Waals surface area contributed by atoms with Gasteiger partial charge in [-0.2, -0.15) is 0 Å². The van der Waals surface area contributed by atoms with E-state index in [1.807, 2.05) is 45.0 Å². The van der Waals surface area contributed by atoms with Gasteiger partial charge in [0.1, 0.15) is 10.7 Å². The maximum absolute atomic E-state index is 12.2. The van der Waals surface area contributed by atoms with E-state index in [4.69, 9.17) is 0 Å². The van der Waals surface area contributed by atoms with Crippen molar-refractivity contribution in [1.82, 2.24) is 9.97 Å². The highest BCUT2D eigenvalue weighted by atomic mass is 32.1. The summed E-state index contributed by atoms with van der Waals surface area (Å²) in [5.41, 5.74) is 3.20. The van der Waals surface area contributed by atoms with Gasteiger partial charge in [-0.25, -0.2) is 4.98 Å². The first-order chi connectivity index (χ1) is 10.1. The fourth-order valence-electron chi connectivity index (χ4n) is 2.33. The average molecular weight is 299 g/mol. The molecule has 1 aromatic carbocycles. The Balaban J connectivity index is 1.92. The van der Waals surface area contributed by atoms with Crippen molar-refractivity contribution in [3.05, 3.63) is 56.4 Å². The van der Waals surface area contributed by atoms with E-state index in [-0.39, 0.29) is 5.56 Å². The standard InChI is InChI=1S/C16H17N3OS/c1-9-6-4-5-7-12(9)17-8-13-18-15(20)14-10(2)11(3)21-16(14)19-13/h4-7,17H,8H2,1-3H3,(H,18,19,20). The molecule has 5 heteroatoms. The van der Waals surface area contributed by atoms with Crippen LogP contribution in [0, 0.1) is 20.8 Å². The van der Waals surface area contributed by atoms with Crippen molar-refractivity contribution in [2.75, 3.05) is 5.32 Å². The highest BCUT2D eigenvalue weighted by molar-refractivity contribution is 7.18. The molecule has 0 saturated carbocycles. The van der Waals surface area contributed by atoms with E-state index < -0.39 is 0 Å². The van der Waals surface area contributed by atoms with E-state index in [2.05, 4.69) is 15.3 Å². The van der Waals surface area contributed by atoms with Gasteiger partial charge in [0, 0.05) is 10.6 Å². The van der Waals surface area contributed by atoms with Crippen molar-refractivity contribution >= 4 is 27.2 Å². The van der Waals surface area contributed by atoms with Crippen molar-refractivity contribution in [2.24, 2.45) is 0 Å². The van der Waals surface area contributed by atoms with Crippen molar-refractivity contribution in [2.45, 2.75) is 27.3 Å². The summed E-state index contributed by atoms with van der Waals surface area (Å²) < 4.78 is 0. The number of rotatable bonds is 3. The fourth-order valence-corrected chi connectivity index (χ4v) is 3.38. The Hall–Kier alpha value is -2.14. The minimum absolute atomic E-state index is 0.0524. The Morgan fingerprint density at radius 3 is 2.76 bits per heavy atom. The van der Waals surface area contributed by atoms with Crippen LogP contribution in [0.15, 0.2) is 29.1 Å². The summed E-state index contributed by atoms with van der Waals surface area (Å²) >= 11 is 1.57. The minimum Gasteiger partial charge on any atom is -0.378 e. The molecule has 0 unspecified atom stereocenters.